The highest BCUT2D eigenvalue weighted by Crippen LogP contribution is 2.51. The number of rotatable bonds is 12. The minimum Gasteiger partial charge on any atom is -0.505 e. The lowest BCUT2D eigenvalue weighted by Gasteiger charge is -2.46. The third-order valence-corrected chi connectivity index (χ3v) is 16.2. The van der Waals surface area contributed by atoms with E-state index in [2.05, 4.69) is 69.3 Å². The quantitative estimate of drug-likeness (QED) is 0.120. The van der Waals surface area contributed by atoms with Gasteiger partial charge in [-0.05, 0) is 88.6 Å². The van der Waals surface area contributed by atoms with Crippen molar-refractivity contribution < 1.29 is 33.2 Å². The third kappa shape index (κ3) is 7.23. The summed E-state index contributed by atoms with van der Waals surface area (Å²) in [5, 5.41) is 22.9. The molecular weight excluding hydrogens is 672 g/mol. The van der Waals surface area contributed by atoms with Crippen LogP contribution in [-0.4, -0.2) is 61.5 Å². The number of phenols is 1. The van der Waals surface area contributed by atoms with Crippen molar-refractivity contribution in [1.82, 2.24) is 4.90 Å². The number of amides is 2. The minimum atomic E-state index is -2.95. The van der Waals surface area contributed by atoms with Gasteiger partial charge in [-0.1, -0.05) is 113 Å². The molecule has 0 spiro atoms. The molecule has 2 N–H and O–H groups in total. The Labute approximate surface area is 308 Å². The number of imide groups is 1. The highest BCUT2D eigenvalue weighted by molar-refractivity contribution is 6.99. The number of benzene rings is 3. The molecule has 10 heteroatoms. The van der Waals surface area contributed by atoms with Crippen LogP contribution in [0, 0.1) is 23.6 Å². The fourth-order valence-electron chi connectivity index (χ4n) is 8.88. The van der Waals surface area contributed by atoms with E-state index >= 15 is 0 Å². The number of carbonyl (C=O) groups excluding carboxylic acids is 2. The van der Waals surface area contributed by atoms with E-state index in [9.17, 15) is 24.1 Å². The number of carbonyl (C=O) groups is 2. The van der Waals surface area contributed by atoms with Crippen molar-refractivity contribution in [3.8, 4) is 5.75 Å². The van der Waals surface area contributed by atoms with Gasteiger partial charge < -0.3 is 19.2 Å². The van der Waals surface area contributed by atoms with Gasteiger partial charge in [0.15, 0.2) is 11.6 Å². The zero-order valence-electron chi connectivity index (χ0n) is 31.0. The molecule has 0 unspecified atom stereocenters. The fraction of sp³-hybridized carbons (Fsp3) is 0.429. The second-order valence-corrected chi connectivity index (χ2v) is 19.8. The van der Waals surface area contributed by atoms with Gasteiger partial charge in [0.1, 0.15) is 0 Å². The molecule has 1 aliphatic carbocycles. The topological polar surface area (TPSA) is 96.3 Å². The number of fused-ring (bicyclic) bond motifs is 3. The number of halogens is 1. The molecule has 2 saturated heterocycles. The van der Waals surface area contributed by atoms with E-state index in [0.29, 0.717) is 44.2 Å². The second-order valence-electron chi connectivity index (χ2n) is 15.5. The van der Waals surface area contributed by atoms with Gasteiger partial charge >= 0.3 is 7.12 Å². The summed E-state index contributed by atoms with van der Waals surface area (Å²) >= 11 is 0. The number of phenolic OH excluding ortho intramolecular Hbond substituents is 1. The van der Waals surface area contributed by atoms with E-state index < -0.39 is 44.9 Å². The first-order valence-corrected chi connectivity index (χ1v) is 20.6. The summed E-state index contributed by atoms with van der Waals surface area (Å²) in [6.45, 7) is 11.4. The lowest BCUT2D eigenvalue weighted by atomic mass is 9.58. The largest absolute Gasteiger partial charge is 0.505 e. The molecule has 2 heterocycles. The van der Waals surface area contributed by atoms with Gasteiger partial charge in [-0.3, -0.25) is 14.5 Å². The predicted molar refractivity (Wildman–Crippen MR) is 206 cm³/mol. The molecule has 52 heavy (non-hydrogen) atoms. The van der Waals surface area contributed by atoms with E-state index in [4.69, 9.17) is 9.08 Å². The molecule has 0 aromatic heterocycles. The maximum atomic E-state index is 14.2. The molecule has 0 saturated carbocycles. The SMILES string of the molecule is CCCN1C(=O)[C@@H]2[C@@H](CC(CO[Si](c3ccccc3)(c3ccccc3)C(C)(C)C)=C3[C@@H](CC/C(=C/c4ccc(O)c(F)c4)CC)OB(O)C[C@@H]32)C1=O. The summed E-state index contributed by atoms with van der Waals surface area (Å²) in [4.78, 5) is 29.3. The summed E-state index contributed by atoms with van der Waals surface area (Å²) in [5.74, 6) is -2.76. The van der Waals surface area contributed by atoms with Crippen LogP contribution in [-0.2, 0) is 18.7 Å². The molecule has 7 nitrogen and oxygen atoms in total. The van der Waals surface area contributed by atoms with Crippen molar-refractivity contribution in [3.05, 3.63) is 107 Å². The second kappa shape index (κ2) is 15.6. The number of allylic oxidation sites excluding steroid dienone is 1. The minimum absolute atomic E-state index is 0.131. The third-order valence-electron chi connectivity index (χ3n) is 11.3. The average Bonchev–Trinajstić information content (AvgIpc) is 3.36. The van der Waals surface area contributed by atoms with E-state index in [1.165, 1.54) is 17.0 Å². The van der Waals surface area contributed by atoms with Crippen molar-refractivity contribution in [2.75, 3.05) is 13.2 Å². The zero-order chi connectivity index (χ0) is 37.2. The van der Waals surface area contributed by atoms with Crippen molar-refractivity contribution in [2.45, 2.75) is 84.2 Å². The normalized spacial score (nSPS) is 22.6. The van der Waals surface area contributed by atoms with Gasteiger partial charge in [0, 0.05) is 6.54 Å². The smallest absolute Gasteiger partial charge is 0.455 e. The van der Waals surface area contributed by atoms with Crippen LogP contribution < -0.4 is 10.4 Å². The Morgan fingerprint density at radius 3 is 2.23 bits per heavy atom. The number of hydrogen-bond acceptors (Lipinski definition) is 6. The summed E-state index contributed by atoms with van der Waals surface area (Å²) < 4.78 is 28.0. The first-order valence-electron chi connectivity index (χ1n) is 18.7. The first-order chi connectivity index (χ1) is 24.9. The van der Waals surface area contributed by atoms with Crippen molar-refractivity contribution in [2.24, 2.45) is 17.8 Å². The Morgan fingerprint density at radius 1 is 1.00 bits per heavy atom. The lowest BCUT2D eigenvalue weighted by Crippen LogP contribution is -2.66. The maximum absolute atomic E-state index is 14.2. The molecule has 0 bridgehead atoms. The van der Waals surface area contributed by atoms with Crippen molar-refractivity contribution >= 4 is 43.7 Å². The standard InChI is InChI=1S/C42H51BFNO6Si/c1-6-22-45-40(47)33-25-30(27-50-52(42(3,4)5,31-14-10-8-11-15-31)32-16-12-9-13-17-32)38-34(39(33)41(45)48)26-43(49)51-37(38)21-19-28(7-2)23-29-18-20-36(46)35(44)24-29/h8-18,20,23-24,33-34,37,39,46,49H,6-7,19,21-22,25-27H2,1-5H3/b28-23+/t33-,34+,37-,39-/m1/s1. The number of nitrogens with zero attached hydrogens (tertiary/aromatic N) is 1. The highest BCUT2D eigenvalue weighted by Gasteiger charge is 2.58. The van der Waals surface area contributed by atoms with Crippen LogP contribution in [0.25, 0.3) is 6.08 Å². The van der Waals surface area contributed by atoms with Crippen LogP contribution in [0.2, 0.25) is 11.4 Å². The van der Waals surface area contributed by atoms with Crippen LogP contribution in [0.15, 0.2) is 95.6 Å². The summed E-state index contributed by atoms with van der Waals surface area (Å²) in [5.41, 5.74) is 3.68. The molecule has 2 aliphatic heterocycles. The van der Waals surface area contributed by atoms with Gasteiger partial charge in [-0.15, -0.1) is 0 Å². The van der Waals surface area contributed by atoms with Crippen molar-refractivity contribution in [3.63, 3.8) is 0 Å². The van der Waals surface area contributed by atoms with E-state index in [1.54, 1.807) is 6.07 Å². The number of likely N-dealkylation sites (tertiary alicyclic amines) is 1. The Balaban J connectivity index is 1.42. The van der Waals surface area contributed by atoms with E-state index in [0.717, 1.165) is 27.1 Å². The molecule has 2 amide bonds. The van der Waals surface area contributed by atoms with E-state index in [1.807, 2.05) is 32.1 Å². The Bertz CT molecular complexity index is 1790. The van der Waals surface area contributed by atoms with Crippen LogP contribution >= 0.6 is 0 Å². The van der Waals surface area contributed by atoms with Crippen LogP contribution in [0.4, 0.5) is 4.39 Å². The molecule has 2 fully saturated rings. The van der Waals surface area contributed by atoms with Crippen LogP contribution in [0.5, 0.6) is 5.75 Å². The zero-order valence-corrected chi connectivity index (χ0v) is 32.0. The molecule has 4 atom stereocenters. The van der Waals surface area contributed by atoms with Gasteiger partial charge in [-0.2, -0.15) is 0 Å². The number of aromatic hydroxyl groups is 1. The molecular formula is C42H51BFNO6Si. The highest BCUT2D eigenvalue weighted by atomic mass is 28.4. The first kappa shape index (κ1) is 37.9. The van der Waals surface area contributed by atoms with Crippen molar-refractivity contribution in [1.29, 1.82) is 0 Å². The lowest BCUT2D eigenvalue weighted by molar-refractivity contribution is -0.140. The average molecular weight is 724 g/mol. The van der Waals surface area contributed by atoms with Gasteiger partial charge in [-0.25, -0.2) is 4.39 Å². The fourth-order valence-corrected chi connectivity index (χ4v) is 13.4. The molecule has 3 aromatic rings. The predicted octanol–water partition coefficient (Wildman–Crippen LogP) is 6.89. The monoisotopic (exact) mass is 723 g/mol. The van der Waals surface area contributed by atoms with Gasteiger partial charge in [0.25, 0.3) is 8.32 Å². The van der Waals surface area contributed by atoms with E-state index in [-0.39, 0.29) is 35.7 Å². The maximum Gasteiger partial charge on any atom is 0.455 e. The molecule has 3 aliphatic rings. The van der Waals surface area contributed by atoms with Crippen LogP contribution in [0.1, 0.15) is 72.3 Å². The Morgan fingerprint density at radius 2 is 1.65 bits per heavy atom. The van der Waals surface area contributed by atoms with Crippen LogP contribution in [0.3, 0.4) is 0 Å². The van der Waals surface area contributed by atoms with Gasteiger partial charge in [0.05, 0.1) is 24.5 Å². The number of hydrogen-bond donors (Lipinski definition) is 2. The molecule has 274 valence electrons. The summed E-state index contributed by atoms with van der Waals surface area (Å²) in [7, 11) is -4.04. The molecule has 6 rings (SSSR count). The summed E-state index contributed by atoms with van der Waals surface area (Å²) in [6, 6.07) is 25.2. The van der Waals surface area contributed by atoms with Gasteiger partial charge in [0.2, 0.25) is 11.8 Å². The molecule has 3 aromatic carbocycles. The Kier molecular flexibility index (Phi) is 11.4. The Hall–Kier alpha value is -3.83. The summed E-state index contributed by atoms with van der Waals surface area (Å²) in [6.07, 6.45) is 4.60. The molecule has 0 radical (unpaired) electrons.